The largest absolute Gasteiger partial charge is 0.316 e. The molecule has 12 heavy (non-hydrogen) atoms. The second-order valence-corrected chi connectivity index (χ2v) is 3.95. The lowest BCUT2D eigenvalue weighted by Gasteiger charge is -2.14. The normalized spacial score (nSPS) is 29.5. The highest BCUT2D eigenvalue weighted by molar-refractivity contribution is 4.79. The summed E-state index contributed by atoms with van der Waals surface area (Å²) in [4.78, 5) is 0. The number of hydrogen-bond acceptors (Lipinski definition) is 2. The van der Waals surface area contributed by atoms with Crippen molar-refractivity contribution in [3.63, 3.8) is 0 Å². The molecule has 1 rings (SSSR count). The summed E-state index contributed by atoms with van der Waals surface area (Å²) in [5.74, 6) is 1.72. The van der Waals surface area contributed by atoms with E-state index >= 15 is 0 Å². The van der Waals surface area contributed by atoms with E-state index in [1.54, 1.807) is 0 Å². The van der Waals surface area contributed by atoms with Crippen LogP contribution in [0.3, 0.4) is 0 Å². The van der Waals surface area contributed by atoms with Crippen molar-refractivity contribution in [1.82, 2.24) is 10.6 Å². The number of rotatable bonds is 5. The van der Waals surface area contributed by atoms with Crippen LogP contribution in [0, 0.1) is 11.8 Å². The van der Waals surface area contributed by atoms with E-state index in [1.807, 2.05) is 0 Å². The zero-order valence-corrected chi connectivity index (χ0v) is 8.40. The number of hydrogen-bond donors (Lipinski definition) is 2. The summed E-state index contributed by atoms with van der Waals surface area (Å²) in [7, 11) is 0. The first-order valence-electron chi connectivity index (χ1n) is 5.26. The van der Waals surface area contributed by atoms with Gasteiger partial charge in [0.2, 0.25) is 0 Å². The summed E-state index contributed by atoms with van der Waals surface area (Å²) in [6.45, 7) is 9.39. The first kappa shape index (κ1) is 10.0. The molecule has 1 aliphatic rings. The van der Waals surface area contributed by atoms with Gasteiger partial charge >= 0.3 is 0 Å². The molecule has 0 bridgehead atoms. The monoisotopic (exact) mass is 170 g/mol. The lowest BCUT2D eigenvalue weighted by atomic mass is 9.98. The minimum Gasteiger partial charge on any atom is -0.316 e. The first-order chi connectivity index (χ1) is 5.84. The van der Waals surface area contributed by atoms with Crippen LogP contribution in [0.25, 0.3) is 0 Å². The van der Waals surface area contributed by atoms with Crippen LogP contribution in [0.15, 0.2) is 0 Å². The Morgan fingerprint density at radius 3 is 2.83 bits per heavy atom. The van der Waals surface area contributed by atoms with E-state index in [-0.39, 0.29) is 0 Å². The van der Waals surface area contributed by atoms with E-state index in [9.17, 15) is 0 Å². The van der Waals surface area contributed by atoms with Crippen LogP contribution >= 0.6 is 0 Å². The second kappa shape index (κ2) is 5.55. The second-order valence-electron chi connectivity index (χ2n) is 3.95. The third-order valence-electron chi connectivity index (χ3n) is 2.79. The van der Waals surface area contributed by atoms with Gasteiger partial charge in [0, 0.05) is 0 Å². The van der Waals surface area contributed by atoms with Crippen molar-refractivity contribution in [1.29, 1.82) is 0 Å². The quantitative estimate of drug-likeness (QED) is 0.606. The molecule has 0 unspecified atom stereocenters. The minimum atomic E-state index is 0.860. The van der Waals surface area contributed by atoms with Gasteiger partial charge < -0.3 is 10.6 Å². The first-order valence-corrected chi connectivity index (χ1v) is 5.26. The predicted molar refractivity (Wildman–Crippen MR) is 53.3 cm³/mol. The molecule has 2 atom stereocenters. The molecule has 0 aromatic heterocycles. The highest BCUT2D eigenvalue weighted by Gasteiger charge is 2.21. The molecule has 2 N–H and O–H groups in total. The van der Waals surface area contributed by atoms with Crippen LogP contribution < -0.4 is 10.6 Å². The fraction of sp³-hybridized carbons (Fsp3) is 1.00. The summed E-state index contributed by atoms with van der Waals surface area (Å²) in [5.41, 5.74) is 0. The van der Waals surface area contributed by atoms with Crippen molar-refractivity contribution < 1.29 is 0 Å². The SMILES string of the molecule is CCCCNC[C@@H]1CNC[C@H]1C. The molecule has 1 fully saturated rings. The van der Waals surface area contributed by atoms with Gasteiger partial charge in [0.15, 0.2) is 0 Å². The van der Waals surface area contributed by atoms with Crippen molar-refractivity contribution in [2.45, 2.75) is 26.7 Å². The van der Waals surface area contributed by atoms with Crippen LogP contribution in [-0.4, -0.2) is 26.2 Å². The van der Waals surface area contributed by atoms with E-state index in [2.05, 4.69) is 24.5 Å². The van der Waals surface area contributed by atoms with Gasteiger partial charge in [-0.3, -0.25) is 0 Å². The molecule has 72 valence electrons. The topological polar surface area (TPSA) is 24.1 Å². The molecule has 0 spiro atoms. The lowest BCUT2D eigenvalue weighted by molar-refractivity contribution is 0.419. The van der Waals surface area contributed by atoms with Gasteiger partial charge in [-0.25, -0.2) is 0 Å². The minimum absolute atomic E-state index is 0.860. The summed E-state index contributed by atoms with van der Waals surface area (Å²) in [6, 6.07) is 0. The Balaban J connectivity index is 1.98. The molecule has 0 aliphatic carbocycles. The van der Waals surface area contributed by atoms with Gasteiger partial charge in [-0.05, 0) is 44.4 Å². The standard InChI is InChI=1S/C10H22N2/c1-3-4-5-11-7-10-8-12-6-9(10)2/h9-12H,3-8H2,1-2H3/t9-,10-/m1/s1. The van der Waals surface area contributed by atoms with Crippen molar-refractivity contribution >= 4 is 0 Å². The van der Waals surface area contributed by atoms with Gasteiger partial charge in [-0.15, -0.1) is 0 Å². The van der Waals surface area contributed by atoms with Gasteiger partial charge in [-0.2, -0.15) is 0 Å². The highest BCUT2D eigenvalue weighted by Crippen LogP contribution is 2.14. The lowest BCUT2D eigenvalue weighted by Crippen LogP contribution is -2.27. The van der Waals surface area contributed by atoms with Crippen LogP contribution in [0.4, 0.5) is 0 Å². The number of unbranched alkanes of at least 4 members (excludes halogenated alkanes) is 1. The zero-order valence-electron chi connectivity index (χ0n) is 8.40. The Bertz CT molecular complexity index is 114. The maximum absolute atomic E-state index is 3.52. The average Bonchev–Trinajstić information content (AvgIpc) is 2.46. The van der Waals surface area contributed by atoms with Crippen LogP contribution in [0.5, 0.6) is 0 Å². The third-order valence-corrected chi connectivity index (χ3v) is 2.79. The molecule has 0 aromatic carbocycles. The van der Waals surface area contributed by atoms with Crippen LogP contribution in [0.1, 0.15) is 26.7 Å². The van der Waals surface area contributed by atoms with E-state index in [4.69, 9.17) is 0 Å². The van der Waals surface area contributed by atoms with E-state index in [0.717, 1.165) is 11.8 Å². The summed E-state index contributed by atoms with van der Waals surface area (Å²) >= 11 is 0. The molecular formula is C10H22N2. The van der Waals surface area contributed by atoms with Gasteiger partial charge in [0.1, 0.15) is 0 Å². The van der Waals surface area contributed by atoms with E-state index in [1.165, 1.54) is 39.0 Å². The van der Waals surface area contributed by atoms with Crippen molar-refractivity contribution in [2.24, 2.45) is 11.8 Å². The third kappa shape index (κ3) is 3.11. The van der Waals surface area contributed by atoms with Gasteiger partial charge in [0.25, 0.3) is 0 Å². The highest BCUT2D eigenvalue weighted by atomic mass is 14.9. The van der Waals surface area contributed by atoms with Crippen molar-refractivity contribution in [2.75, 3.05) is 26.2 Å². The Hall–Kier alpha value is -0.0800. The molecular weight excluding hydrogens is 148 g/mol. The Morgan fingerprint density at radius 1 is 1.42 bits per heavy atom. The molecule has 0 amide bonds. The summed E-state index contributed by atoms with van der Waals surface area (Å²) in [6.07, 6.45) is 2.61. The Labute approximate surface area is 76.1 Å². The van der Waals surface area contributed by atoms with Gasteiger partial charge in [0.05, 0.1) is 0 Å². The zero-order chi connectivity index (χ0) is 8.81. The van der Waals surface area contributed by atoms with E-state index in [0.29, 0.717) is 0 Å². The smallest absolute Gasteiger partial charge is 0.000523 e. The van der Waals surface area contributed by atoms with Crippen molar-refractivity contribution in [3.8, 4) is 0 Å². The Morgan fingerprint density at radius 2 is 2.25 bits per heavy atom. The molecule has 2 heteroatoms. The molecule has 0 radical (unpaired) electrons. The molecule has 2 nitrogen and oxygen atoms in total. The maximum Gasteiger partial charge on any atom is -0.000523 e. The number of nitrogens with one attached hydrogen (secondary N) is 2. The molecule has 0 saturated carbocycles. The molecule has 1 aliphatic heterocycles. The Kier molecular flexibility index (Phi) is 4.62. The molecule has 0 aromatic rings. The van der Waals surface area contributed by atoms with Crippen LogP contribution in [0.2, 0.25) is 0 Å². The summed E-state index contributed by atoms with van der Waals surface area (Å²) < 4.78 is 0. The van der Waals surface area contributed by atoms with Gasteiger partial charge in [-0.1, -0.05) is 20.3 Å². The van der Waals surface area contributed by atoms with Crippen molar-refractivity contribution in [3.05, 3.63) is 0 Å². The fourth-order valence-corrected chi connectivity index (χ4v) is 1.73. The summed E-state index contributed by atoms with van der Waals surface area (Å²) in [5, 5.41) is 6.94. The maximum atomic E-state index is 3.52. The van der Waals surface area contributed by atoms with E-state index < -0.39 is 0 Å². The average molecular weight is 170 g/mol. The fourth-order valence-electron chi connectivity index (χ4n) is 1.73. The molecule has 1 heterocycles. The molecule has 1 saturated heterocycles. The predicted octanol–water partition coefficient (Wildman–Crippen LogP) is 1.23. The van der Waals surface area contributed by atoms with Crippen LogP contribution in [-0.2, 0) is 0 Å².